The Kier molecular flexibility index (Phi) is 9.09. The molecule has 1 aromatic carbocycles. The van der Waals surface area contributed by atoms with Gasteiger partial charge < -0.3 is 24.4 Å². The van der Waals surface area contributed by atoms with Gasteiger partial charge in [0.15, 0.2) is 0 Å². The molecule has 0 aromatic heterocycles. The van der Waals surface area contributed by atoms with E-state index in [1.54, 1.807) is 31.7 Å². The Balaban J connectivity index is 2.19. The number of ether oxygens (including phenoxy) is 3. The van der Waals surface area contributed by atoms with Crippen molar-refractivity contribution in [2.45, 2.75) is 52.4 Å². The SMILES string of the molecule is CC(C)OCC(=O)NC[C@@H]1CN(C(=O)OC(C)(C)C)CCO[C@H]1c1ccc(Cl)c(F)c1. The van der Waals surface area contributed by atoms with E-state index in [4.69, 9.17) is 25.8 Å². The van der Waals surface area contributed by atoms with Gasteiger partial charge in [-0.25, -0.2) is 9.18 Å². The predicted molar refractivity (Wildman–Crippen MR) is 115 cm³/mol. The second kappa shape index (κ2) is 11.1. The van der Waals surface area contributed by atoms with Crippen LogP contribution in [0.5, 0.6) is 0 Å². The minimum Gasteiger partial charge on any atom is -0.444 e. The summed E-state index contributed by atoms with van der Waals surface area (Å²) in [7, 11) is 0. The first-order valence-electron chi connectivity index (χ1n) is 10.4. The van der Waals surface area contributed by atoms with E-state index in [0.717, 1.165) is 0 Å². The van der Waals surface area contributed by atoms with Crippen molar-refractivity contribution in [3.05, 3.63) is 34.6 Å². The van der Waals surface area contributed by atoms with Crippen LogP contribution < -0.4 is 5.32 Å². The number of carbonyl (C=O) groups is 2. The highest BCUT2D eigenvalue weighted by Crippen LogP contribution is 2.31. The molecule has 0 saturated carbocycles. The summed E-state index contributed by atoms with van der Waals surface area (Å²) in [6.07, 6.45) is -1.07. The molecule has 1 aromatic rings. The Hall–Kier alpha value is -1.90. The molecule has 2 rings (SSSR count). The molecular weight excluding hydrogens is 427 g/mol. The minimum absolute atomic E-state index is 0.0171. The third-order valence-corrected chi connectivity index (χ3v) is 4.88. The average Bonchev–Trinajstić information content (AvgIpc) is 2.88. The summed E-state index contributed by atoms with van der Waals surface area (Å²) >= 11 is 5.82. The molecule has 0 radical (unpaired) electrons. The van der Waals surface area contributed by atoms with Crippen molar-refractivity contribution < 1.29 is 28.2 Å². The fourth-order valence-corrected chi connectivity index (χ4v) is 3.27. The Labute approximate surface area is 188 Å². The van der Waals surface area contributed by atoms with Gasteiger partial charge >= 0.3 is 6.09 Å². The Morgan fingerprint density at radius 1 is 1.35 bits per heavy atom. The molecule has 31 heavy (non-hydrogen) atoms. The Bertz CT molecular complexity index is 769. The second-order valence-corrected chi connectivity index (χ2v) is 9.22. The highest BCUT2D eigenvalue weighted by molar-refractivity contribution is 6.30. The lowest BCUT2D eigenvalue weighted by Crippen LogP contribution is -2.43. The van der Waals surface area contributed by atoms with Crippen LogP contribution in [0.15, 0.2) is 18.2 Å². The van der Waals surface area contributed by atoms with E-state index in [0.29, 0.717) is 12.1 Å². The molecule has 0 bridgehead atoms. The van der Waals surface area contributed by atoms with Crippen LogP contribution in [0.25, 0.3) is 0 Å². The quantitative estimate of drug-likeness (QED) is 0.698. The number of nitrogens with one attached hydrogen (secondary N) is 1. The van der Waals surface area contributed by atoms with Gasteiger partial charge in [-0.05, 0) is 52.3 Å². The third-order valence-electron chi connectivity index (χ3n) is 4.57. The normalized spacial score (nSPS) is 19.8. The molecule has 1 fully saturated rings. The van der Waals surface area contributed by atoms with Gasteiger partial charge in [-0.1, -0.05) is 17.7 Å². The van der Waals surface area contributed by atoms with Crippen LogP contribution in [0, 0.1) is 11.7 Å². The fourth-order valence-electron chi connectivity index (χ4n) is 3.16. The molecule has 0 unspecified atom stereocenters. The number of hydrogen-bond donors (Lipinski definition) is 1. The smallest absolute Gasteiger partial charge is 0.410 e. The molecule has 1 N–H and O–H groups in total. The minimum atomic E-state index is -0.638. The van der Waals surface area contributed by atoms with Gasteiger partial charge in [-0.3, -0.25) is 4.79 Å². The molecule has 174 valence electrons. The van der Waals surface area contributed by atoms with E-state index in [9.17, 15) is 14.0 Å². The summed E-state index contributed by atoms with van der Waals surface area (Å²) in [5, 5.41) is 2.84. The van der Waals surface area contributed by atoms with E-state index in [-0.39, 0.29) is 49.3 Å². The van der Waals surface area contributed by atoms with Crippen molar-refractivity contribution in [2.75, 3.05) is 32.8 Å². The standard InChI is InChI=1S/C22H32ClFN2O5/c1-14(2)30-13-19(27)25-11-16-12-26(21(28)31-22(3,4)5)8-9-29-20(16)15-6-7-17(23)18(24)10-15/h6-7,10,14,16,20H,8-9,11-13H2,1-5H3,(H,25,27)/t16-,20+/m1/s1. The number of benzene rings is 1. The van der Waals surface area contributed by atoms with Gasteiger partial charge in [-0.2, -0.15) is 0 Å². The number of rotatable bonds is 6. The summed E-state index contributed by atoms with van der Waals surface area (Å²) in [5.41, 5.74) is -0.0495. The summed E-state index contributed by atoms with van der Waals surface area (Å²) in [6, 6.07) is 4.49. The van der Waals surface area contributed by atoms with Gasteiger partial charge in [0.2, 0.25) is 5.91 Å². The Morgan fingerprint density at radius 2 is 2.06 bits per heavy atom. The lowest BCUT2D eigenvalue weighted by molar-refractivity contribution is -0.127. The monoisotopic (exact) mass is 458 g/mol. The molecule has 1 saturated heterocycles. The van der Waals surface area contributed by atoms with Crippen molar-refractivity contribution in [1.29, 1.82) is 0 Å². The van der Waals surface area contributed by atoms with Crippen LogP contribution in [0.2, 0.25) is 5.02 Å². The maximum absolute atomic E-state index is 14.1. The van der Waals surface area contributed by atoms with E-state index < -0.39 is 23.6 Å². The van der Waals surface area contributed by atoms with Gasteiger partial charge in [0.05, 0.1) is 23.8 Å². The van der Waals surface area contributed by atoms with Gasteiger partial charge in [0.1, 0.15) is 18.0 Å². The number of halogens is 2. The molecule has 1 heterocycles. The molecule has 7 nitrogen and oxygen atoms in total. The lowest BCUT2D eigenvalue weighted by atomic mass is 9.95. The first-order chi connectivity index (χ1) is 14.5. The van der Waals surface area contributed by atoms with E-state index >= 15 is 0 Å². The van der Waals surface area contributed by atoms with Crippen LogP contribution in [-0.2, 0) is 19.0 Å². The summed E-state index contributed by atoms with van der Waals surface area (Å²) in [6.45, 7) is 10.1. The third kappa shape index (κ3) is 8.27. The molecule has 1 aliphatic heterocycles. The highest BCUT2D eigenvalue weighted by Gasteiger charge is 2.33. The first-order valence-corrected chi connectivity index (χ1v) is 10.8. The van der Waals surface area contributed by atoms with E-state index in [1.165, 1.54) is 12.1 Å². The molecule has 1 aliphatic rings. The molecule has 0 aliphatic carbocycles. The lowest BCUT2D eigenvalue weighted by Gasteiger charge is -2.30. The van der Waals surface area contributed by atoms with Crippen LogP contribution in [-0.4, -0.2) is 61.5 Å². The van der Waals surface area contributed by atoms with Gasteiger partial charge in [0, 0.05) is 25.6 Å². The van der Waals surface area contributed by atoms with E-state index in [2.05, 4.69) is 5.32 Å². The van der Waals surface area contributed by atoms with Crippen molar-refractivity contribution in [3.63, 3.8) is 0 Å². The van der Waals surface area contributed by atoms with Crippen molar-refractivity contribution >= 4 is 23.6 Å². The van der Waals surface area contributed by atoms with Crippen LogP contribution in [0.1, 0.15) is 46.3 Å². The fraction of sp³-hybridized carbons (Fsp3) is 0.636. The predicted octanol–water partition coefficient (Wildman–Crippen LogP) is 3.94. The first kappa shape index (κ1) is 25.4. The number of hydrogen-bond acceptors (Lipinski definition) is 5. The zero-order valence-corrected chi connectivity index (χ0v) is 19.5. The molecule has 2 atom stereocenters. The molecule has 0 spiro atoms. The van der Waals surface area contributed by atoms with Crippen LogP contribution >= 0.6 is 11.6 Å². The van der Waals surface area contributed by atoms with Gasteiger partial charge in [-0.15, -0.1) is 0 Å². The maximum Gasteiger partial charge on any atom is 0.410 e. The zero-order chi connectivity index (χ0) is 23.2. The second-order valence-electron chi connectivity index (χ2n) is 8.82. The zero-order valence-electron chi connectivity index (χ0n) is 18.7. The number of nitrogens with zero attached hydrogens (tertiary/aromatic N) is 1. The molecular formula is C22H32ClFN2O5. The molecule has 2 amide bonds. The summed E-state index contributed by atoms with van der Waals surface area (Å²) in [4.78, 5) is 26.3. The maximum atomic E-state index is 14.1. The summed E-state index contributed by atoms with van der Waals surface area (Å²) in [5.74, 6) is -1.16. The Morgan fingerprint density at radius 3 is 2.68 bits per heavy atom. The average molecular weight is 459 g/mol. The van der Waals surface area contributed by atoms with Gasteiger partial charge in [0.25, 0.3) is 0 Å². The van der Waals surface area contributed by atoms with E-state index in [1.807, 2.05) is 13.8 Å². The van der Waals surface area contributed by atoms with Crippen molar-refractivity contribution in [1.82, 2.24) is 10.2 Å². The van der Waals surface area contributed by atoms with Crippen LogP contribution in [0.3, 0.4) is 0 Å². The van der Waals surface area contributed by atoms with Crippen LogP contribution in [0.4, 0.5) is 9.18 Å². The van der Waals surface area contributed by atoms with Crippen molar-refractivity contribution in [3.8, 4) is 0 Å². The topological polar surface area (TPSA) is 77.1 Å². The number of carbonyl (C=O) groups excluding carboxylic acids is 2. The molecule has 9 heteroatoms. The number of amides is 2. The largest absolute Gasteiger partial charge is 0.444 e. The highest BCUT2D eigenvalue weighted by atomic mass is 35.5. The van der Waals surface area contributed by atoms with Crippen molar-refractivity contribution in [2.24, 2.45) is 5.92 Å². The summed E-state index contributed by atoms with van der Waals surface area (Å²) < 4.78 is 30.9.